The second-order valence-corrected chi connectivity index (χ2v) is 2.47. The Labute approximate surface area is 75.6 Å². The quantitative estimate of drug-likeness (QED) is 0.375. The lowest BCUT2D eigenvalue weighted by Gasteiger charge is -1.95. The van der Waals surface area contributed by atoms with Crippen LogP contribution in [0.1, 0.15) is 22.8 Å². The molecule has 0 aromatic carbocycles. The lowest BCUT2D eigenvalue weighted by molar-refractivity contribution is 0.112. The Morgan fingerprint density at radius 3 is 3.00 bits per heavy atom. The Kier molecular flexibility index (Phi) is 2.84. The molecule has 0 aliphatic carbocycles. The SMILES string of the molecule is CC#Cc1cnc(Cl)cc1C=O. The molecule has 0 saturated carbocycles. The molecule has 1 aromatic rings. The van der Waals surface area contributed by atoms with Crippen molar-refractivity contribution in [2.24, 2.45) is 0 Å². The molecule has 1 heterocycles. The number of carbonyl (C=O) groups excluding carboxylic acids is 1. The second kappa shape index (κ2) is 3.89. The molecule has 0 amide bonds. The van der Waals surface area contributed by atoms with E-state index < -0.39 is 0 Å². The first-order valence-electron chi connectivity index (χ1n) is 3.31. The summed E-state index contributed by atoms with van der Waals surface area (Å²) in [5.41, 5.74) is 1.08. The van der Waals surface area contributed by atoms with Gasteiger partial charge in [-0.2, -0.15) is 0 Å². The van der Waals surface area contributed by atoms with Crippen molar-refractivity contribution in [2.75, 3.05) is 0 Å². The number of aromatic nitrogens is 1. The smallest absolute Gasteiger partial charge is 0.151 e. The fraction of sp³-hybridized carbons (Fsp3) is 0.111. The second-order valence-electron chi connectivity index (χ2n) is 2.09. The van der Waals surface area contributed by atoms with E-state index in [0.29, 0.717) is 22.6 Å². The van der Waals surface area contributed by atoms with Gasteiger partial charge in [0.05, 0.1) is 5.56 Å². The summed E-state index contributed by atoms with van der Waals surface area (Å²) in [5.74, 6) is 5.44. The van der Waals surface area contributed by atoms with Crippen molar-refractivity contribution in [2.45, 2.75) is 6.92 Å². The largest absolute Gasteiger partial charge is 0.298 e. The molecular weight excluding hydrogens is 174 g/mol. The van der Waals surface area contributed by atoms with Gasteiger partial charge in [0.2, 0.25) is 0 Å². The summed E-state index contributed by atoms with van der Waals surface area (Å²) >= 11 is 5.58. The van der Waals surface area contributed by atoms with Crippen LogP contribution < -0.4 is 0 Å². The lowest BCUT2D eigenvalue weighted by Crippen LogP contribution is -1.89. The minimum absolute atomic E-state index is 0.304. The van der Waals surface area contributed by atoms with E-state index in [2.05, 4.69) is 16.8 Å². The zero-order valence-corrected chi connectivity index (χ0v) is 7.22. The van der Waals surface area contributed by atoms with Crippen LogP contribution in [0.5, 0.6) is 0 Å². The highest BCUT2D eigenvalue weighted by molar-refractivity contribution is 6.29. The number of aldehydes is 1. The first kappa shape index (κ1) is 8.76. The average molecular weight is 180 g/mol. The van der Waals surface area contributed by atoms with Gasteiger partial charge in [-0.25, -0.2) is 4.98 Å². The van der Waals surface area contributed by atoms with E-state index in [1.807, 2.05) is 0 Å². The summed E-state index contributed by atoms with van der Waals surface area (Å²) in [6.07, 6.45) is 2.20. The Balaban J connectivity index is 3.25. The normalized spacial score (nSPS) is 8.50. The zero-order valence-electron chi connectivity index (χ0n) is 6.47. The maximum atomic E-state index is 10.5. The highest BCUT2D eigenvalue weighted by Gasteiger charge is 1.99. The fourth-order valence-electron chi connectivity index (χ4n) is 0.781. The van der Waals surface area contributed by atoms with E-state index in [-0.39, 0.29) is 0 Å². The van der Waals surface area contributed by atoms with Crippen LogP contribution in [-0.2, 0) is 0 Å². The first-order chi connectivity index (χ1) is 5.77. The number of carbonyl (C=O) groups is 1. The summed E-state index contributed by atoms with van der Waals surface area (Å²) < 4.78 is 0. The Morgan fingerprint density at radius 1 is 1.67 bits per heavy atom. The predicted molar refractivity (Wildman–Crippen MR) is 47.2 cm³/mol. The molecule has 0 saturated heterocycles. The van der Waals surface area contributed by atoms with Crippen LogP contribution in [0.4, 0.5) is 0 Å². The van der Waals surface area contributed by atoms with E-state index in [4.69, 9.17) is 11.6 Å². The van der Waals surface area contributed by atoms with Crippen LogP contribution in [0.2, 0.25) is 5.15 Å². The molecule has 1 rings (SSSR count). The predicted octanol–water partition coefficient (Wildman–Crippen LogP) is 1.92. The minimum atomic E-state index is 0.304. The molecule has 0 aliphatic heterocycles. The highest BCUT2D eigenvalue weighted by Crippen LogP contribution is 2.09. The maximum absolute atomic E-state index is 10.5. The molecule has 12 heavy (non-hydrogen) atoms. The van der Waals surface area contributed by atoms with Crippen molar-refractivity contribution >= 4 is 17.9 Å². The summed E-state index contributed by atoms with van der Waals surface area (Å²) in [6, 6.07) is 1.49. The van der Waals surface area contributed by atoms with Crippen LogP contribution in [0.25, 0.3) is 0 Å². The van der Waals surface area contributed by atoms with Crippen molar-refractivity contribution < 1.29 is 4.79 Å². The molecule has 2 nitrogen and oxygen atoms in total. The van der Waals surface area contributed by atoms with E-state index in [9.17, 15) is 4.79 Å². The average Bonchev–Trinajstić information content (AvgIpc) is 2.08. The number of hydrogen-bond donors (Lipinski definition) is 0. The van der Waals surface area contributed by atoms with Gasteiger partial charge in [-0.15, -0.1) is 5.92 Å². The molecule has 0 unspecified atom stereocenters. The van der Waals surface area contributed by atoms with Gasteiger partial charge in [-0.3, -0.25) is 4.79 Å². The summed E-state index contributed by atoms with van der Waals surface area (Å²) in [4.78, 5) is 14.3. The molecule has 3 heteroatoms. The van der Waals surface area contributed by atoms with E-state index in [0.717, 1.165) is 0 Å². The molecule has 1 aromatic heterocycles. The monoisotopic (exact) mass is 179 g/mol. The van der Waals surface area contributed by atoms with Gasteiger partial charge < -0.3 is 0 Å². The first-order valence-corrected chi connectivity index (χ1v) is 3.69. The number of hydrogen-bond acceptors (Lipinski definition) is 2. The third-order valence-electron chi connectivity index (χ3n) is 1.29. The summed E-state index contributed by atoms with van der Waals surface area (Å²) in [6.45, 7) is 1.70. The Bertz CT molecular complexity index is 363. The molecule has 0 N–H and O–H groups in total. The minimum Gasteiger partial charge on any atom is -0.298 e. The molecule has 0 bridgehead atoms. The number of halogens is 1. The molecule has 60 valence electrons. The fourth-order valence-corrected chi connectivity index (χ4v) is 0.947. The van der Waals surface area contributed by atoms with Crippen molar-refractivity contribution in [3.63, 3.8) is 0 Å². The van der Waals surface area contributed by atoms with Crippen molar-refractivity contribution in [3.05, 3.63) is 28.5 Å². The van der Waals surface area contributed by atoms with E-state index in [1.165, 1.54) is 12.3 Å². The highest BCUT2D eigenvalue weighted by atomic mass is 35.5. The van der Waals surface area contributed by atoms with Crippen molar-refractivity contribution in [1.82, 2.24) is 4.98 Å². The van der Waals surface area contributed by atoms with Gasteiger partial charge in [0, 0.05) is 11.8 Å². The molecular formula is C9H6ClNO. The Hall–Kier alpha value is -1.33. The third kappa shape index (κ3) is 1.84. The molecule has 0 atom stereocenters. The van der Waals surface area contributed by atoms with Crippen molar-refractivity contribution in [3.8, 4) is 11.8 Å². The number of nitrogens with zero attached hydrogens (tertiary/aromatic N) is 1. The molecule has 0 aliphatic rings. The van der Waals surface area contributed by atoms with Crippen molar-refractivity contribution in [1.29, 1.82) is 0 Å². The van der Waals surface area contributed by atoms with Gasteiger partial charge in [-0.05, 0) is 13.0 Å². The summed E-state index contributed by atoms with van der Waals surface area (Å²) in [5, 5.41) is 0.304. The molecule has 0 radical (unpaired) electrons. The van der Waals surface area contributed by atoms with E-state index in [1.54, 1.807) is 6.92 Å². The van der Waals surface area contributed by atoms with Gasteiger partial charge in [-0.1, -0.05) is 17.5 Å². The van der Waals surface area contributed by atoms with Crippen LogP contribution in [0, 0.1) is 11.8 Å². The van der Waals surface area contributed by atoms with Crippen LogP contribution in [0.3, 0.4) is 0 Å². The van der Waals surface area contributed by atoms with Crippen LogP contribution >= 0.6 is 11.6 Å². The Morgan fingerprint density at radius 2 is 2.42 bits per heavy atom. The number of rotatable bonds is 1. The van der Waals surface area contributed by atoms with E-state index >= 15 is 0 Å². The van der Waals surface area contributed by atoms with Gasteiger partial charge >= 0.3 is 0 Å². The molecule has 0 spiro atoms. The topological polar surface area (TPSA) is 30.0 Å². The standard InChI is InChI=1S/C9H6ClNO/c1-2-3-7-5-11-9(10)4-8(7)6-12/h4-6H,1H3. The third-order valence-corrected chi connectivity index (χ3v) is 1.50. The van der Waals surface area contributed by atoms with Gasteiger partial charge in [0.25, 0.3) is 0 Å². The van der Waals surface area contributed by atoms with Crippen LogP contribution in [0.15, 0.2) is 12.3 Å². The van der Waals surface area contributed by atoms with Gasteiger partial charge in [0.15, 0.2) is 6.29 Å². The maximum Gasteiger partial charge on any atom is 0.151 e. The van der Waals surface area contributed by atoms with Crippen LogP contribution in [-0.4, -0.2) is 11.3 Å². The summed E-state index contributed by atoms with van der Waals surface area (Å²) in [7, 11) is 0. The zero-order chi connectivity index (χ0) is 8.97. The molecule has 0 fully saturated rings. The number of pyridine rings is 1. The van der Waals surface area contributed by atoms with Gasteiger partial charge in [0.1, 0.15) is 5.15 Å². The lowest BCUT2D eigenvalue weighted by atomic mass is 10.2.